The fourth-order valence-corrected chi connectivity index (χ4v) is 5.24. The van der Waals surface area contributed by atoms with E-state index in [-0.39, 0.29) is 21.9 Å². The first kappa shape index (κ1) is 27.5. The Morgan fingerprint density at radius 1 is 0.714 bits per heavy atom. The quantitative estimate of drug-likeness (QED) is 0.188. The fourth-order valence-electron chi connectivity index (χ4n) is 3.00. The lowest BCUT2D eigenvalue weighted by Crippen LogP contribution is -2.32. The molecule has 2 aromatic rings. The molecule has 0 aliphatic carbocycles. The summed E-state index contributed by atoms with van der Waals surface area (Å²) in [4.78, 5) is 44.5. The van der Waals surface area contributed by atoms with E-state index in [9.17, 15) is 40.5 Å². The minimum Gasteiger partial charge on any atom is -0.371 e. The number of nitro benzene ring substituents is 4. The van der Waals surface area contributed by atoms with Crippen LogP contribution in [-0.2, 0) is 0 Å². The van der Waals surface area contributed by atoms with E-state index in [1.807, 2.05) is 32.6 Å². The fraction of sp³-hybridized carbons (Fsp3) is 0.300. The molecule has 2 aromatic carbocycles. The molecule has 0 spiro atoms. The van der Waals surface area contributed by atoms with Crippen LogP contribution >= 0.6 is 23.5 Å². The minimum absolute atomic E-state index is 0.00453. The molecule has 0 N–H and O–H groups in total. The maximum atomic E-state index is 11.6. The molecule has 13 nitrogen and oxygen atoms in total. The first-order valence-electron chi connectivity index (χ1n) is 10.0. The second-order valence-electron chi connectivity index (χ2n) is 7.62. The van der Waals surface area contributed by atoms with Gasteiger partial charge in [-0.15, -0.1) is 0 Å². The summed E-state index contributed by atoms with van der Waals surface area (Å²) in [6, 6.07) is 6.46. The molecule has 0 atom stereocenters. The predicted molar refractivity (Wildman–Crippen MR) is 131 cm³/mol. The van der Waals surface area contributed by atoms with Gasteiger partial charge in [0.1, 0.15) is 0 Å². The molecule has 0 saturated carbocycles. The Labute approximate surface area is 207 Å². The van der Waals surface area contributed by atoms with Crippen molar-refractivity contribution in [2.75, 3.05) is 0 Å². The maximum absolute atomic E-state index is 11.6. The third-order valence-corrected chi connectivity index (χ3v) is 6.81. The summed E-state index contributed by atoms with van der Waals surface area (Å²) < 4.78 is 0.390. The Bertz CT molecular complexity index is 1110. The van der Waals surface area contributed by atoms with Gasteiger partial charge in [-0.25, -0.2) is 0 Å². The molecular formula is C20H21N5O8S2. The van der Waals surface area contributed by atoms with Crippen LogP contribution < -0.4 is 0 Å². The topological polar surface area (TPSA) is 176 Å². The summed E-state index contributed by atoms with van der Waals surface area (Å²) in [5.74, 6) is 0. The third-order valence-electron chi connectivity index (χ3n) is 4.57. The van der Waals surface area contributed by atoms with Crippen molar-refractivity contribution in [3.63, 3.8) is 0 Å². The molecule has 0 aromatic heterocycles. The van der Waals surface area contributed by atoms with Crippen LogP contribution in [0.4, 0.5) is 22.7 Å². The SMILES string of the molecule is CC(C)N(C=C(Sc1ccc([N+](=O)[O-])cc1[N+](=O)[O-])Sc1ccc([N+](=O)[O-])cc1[N+](=O)[O-])C(C)C. The monoisotopic (exact) mass is 523 g/mol. The molecular weight excluding hydrogens is 502 g/mol. The molecule has 0 bridgehead atoms. The highest BCUT2D eigenvalue weighted by atomic mass is 32.2. The predicted octanol–water partition coefficient (Wildman–Crippen LogP) is 6.12. The lowest BCUT2D eigenvalue weighted by atomic mass is 10.2. The van der Waals surface area contributed by atoms with Gasteiger partial charge in [-0.05, 0) is 39.8 Å². The number of thioether (sulfide) groups is 2. The van der Waals surface area contributed by atoms with E-state index in [4.69, 9.17) is 0 Å². The van der Waals surface area contributed by atoms with Crippen molar-refractivity contribution in [3.05, 3.63) is 87.3 Å². The van der Waals surface area contributed by atoms with Gasteiger partial charge in [-0.2, -0.15) is 0 Å². The molecule has 0 aliphatic heterocycles. The summed E-state index contributed by atoms with van der Waals surface area (Å²) in [5.41, 5.74) is -1.88. The normalized spacial score (nSPS) is 10.8. The second-order valence-corrected chi connectivity index (χ2v) is 10.0. The summed E-state index contributed by atoms with van der Waals surface area (Å²) in [5, 5.41) is 45.3. The smallest absolute Gasteiger partial charge is 0.290 e. The average Bonchev–Trinajstić information content (AvgIpc) is 2.76. The van der Waals surface area contributed by atoms with Crippen molar-refractivity contribution < 1.29 is 19.7 Å². The zero-order valence-corrected chi connectivity index (χ0v) is 20.6. The van der Waals surface area contributed by atoms with Crippen molar-refractivity contribution >= 4 is 46.3 Å². The number of hydrogen-bond donors (Lipinski definition) is 0. The summed E-state index contributed by atoms with van der Waals surface area (Å²) in [6.07, 6.45) is 1.70. The standard InChI is InChI=1S/C20H21N5O8S2/c1-12(2)21(13(3)4)11-20(34-18-7-5-14(22(26)27)9-16(18)24(30)31)35-19-8-6-15(23(28)29)10-17(19)25(32)33/h5-13H,1-4H3. The van der Waals surface area contributed by atoms with Crippen molar-refractivity contribution in [1.29, 1.82) is 0 Å². The second kappa shape index (κ2) is 11.6. The molecule has 0 saturated heterocycles. The highest BCUT2D eigenvalue weighted by Crippen LogP contribution is 2.46. The van der Waals surface area contributed by atoms with Gasteiger partial charge in [0.2, 0.25) is 0 Å². The Morgan fingerprint density at radius 2 is 1.09 bits per heavy atom. The Hall–Kier alpha value is -3.72. The molecule has 0 radical (unpaired) electrons. The molecule has 15 heteroatoms. The van der Waals surface area contributed by atoms with Crippen LogP contribution in [0.5, 0.6) is 0 Å². The molecule has 0 fully saturated rings. The molecule has 2 rings (SSSR count). The van der Waals surface area contributed by atoms with Gasteiger partial charge < -0.3 is 4.90 Å². The molecule has 35 heavy (non-hydrogen) atoms. The lowest BCUT2D eigenvalue weighted by Gasteiger charge is -2.30. The largest absolute Gasteiger partial charge is 0.371 e. The van der Waals surface area contributed by atoms with Crippen LogP contribution in [0.3, 0.4) is 0 Å². The first-order valence-corrected chi connectivity index (χ1v) is 11.7. The van der Waals surface area contributed by atoms with E-state index >= 15 is 0 Å². The molecule has 186 valence electrons. The third kappa shape index (κ3) is 7.13. The van der Waals surface area contributed by atoms with E-state index in [2.05, 4.69) is 0 Å². The Balaban J connectivity index is 2.63. The van der Waals surface area contributed by atoms with E-state index in [1.54, 1.807) is 6.20 Å². The molecule has 0 unspecified atom stereocenters. The minimum atomic E-state index is -0.744. The van der Waals surface area contributed by atoms with Crippen LogP contribution in [0.25, 0.3) is 0 Å². The van der Waals surface area contributed by atoms with Gasteiger partial charge >= 0.3 is 0 Å². The first-order chi connectivity index (χ1) is 16.3. The van der Waals surface area contributed by atoms with Crippen LogP contribution in [0.15, 0.2) is 56.6 Å². The summed E-state index contributed by atoms with van der Waals surface area (Å²) in [6.45, 7) is 7.69. The van der Waals surface area contributed by atoms with E-state index in [0.717, 1.165) is 47.8 Å². The van der Waals surface area contributed by atoms with Gasteiger partial charge in [-0.3, -0.25) is 40.5 Å². The molecule has 0 amide bonds. The zero-order valence-electron chi connectivity index (χ0n) is 19.0. The lowest BCUT2D eigenvalue weighted by molar-refractivity contribution is -0.396. The van der Waals surface area contributed by atoms with E-state index < -0.39 is 42.4 Å². The number of hydrogen-bond acceptors (Lipinski definition) is 11. The Morgan fingerprint density at radius 3 is 1.37 bits per heavy atom. The number of rotatable bonds is 11. The summed E-state index contributed by atoms with van der Waals surface area (Å²) in [7, 11) is 0. The van der Waals surface area contributed by atoms with E-state index in [1.165, 1.54) is 12.1 Å². The van der Waals surface area contributed by atoms with Crippen LogP contribution in [0, 0.1) is 40.5 Å². The highest BCUT2D eigenvalue weighted by molar-refractivity contribution is 8.22. The van der Waals surface area contributed by atoms with Crippen molar-refractivity contribution in [3.8, 4) is 0 Å². The number of nitro groups is 4. The van der Waals surface area contributed by atoms with Crippen molar-refractivity contribution in [1.82, 2.24) is 4.90 Å². The van der Waals surface area contributed by atoms with Gasteiger partial charge in [0.25, 0.3) is 22.7 Å². The van der Waals surface area contributed by atoms with Crippen LogP contribution in [-0.4, -0.2) is 36.7 Å². The van der Waals surface area contributed by atoms with Crippen LogP contribution in [0.2, 0.25) is 0 Å². The zero-order chi connectivity index (χ0) is 26.4. The van der Waals surface area contributed by atoms with Crippen molar-refractivity contribution in [2.24, 2.45) is 0 Å². The van der Waals surface area contributed by atoms with Gasteiger partial charge in [-0.1, -0.05) is 23.5 Å². The molecule has 0 heterocycles. The highest BCUT2D eigenvalue weighted by Gasteiger charge is 2.25. The van der Waals surface area contributed by atoms with Crippen molar-refractivity contribution in [2.45, 2.75) is 49.6 Å². The van der Waals surface area contributed by atoms with Gasteiger partial charge in [0.15, 0.2) is 0 Å². The number of nitrogens with zero attached hydrogens (tertiary/aromatic N) is 5. The van der Waals surface area contributed by atoms with Crippen LogP contribution in [0.1, 0.15) is 27.7 Å². The average molecular weight is 524 g/mol. The molecule has 0 aliphatic rings. The van der Waals surface area contributed by atoms with E-state index in [0.29, 0.717) is 4.24 Å². The van der Waals surface area contributed by atoms with Gasteiger partial charge in [0.05, 0.1) is 45.9 Å². The van der Waals surface area contributed by atoms with Gasteiger partial charge in [0, 0.05) is 30.4 Å². The Kier molecular flexibility index (Phi) is 9.13. The summed E-state index contributed by atoms with van der Waals surface area (Å²) >= 11 is 1.83. The maximum Gasteiger partial charge on any atom is 0.290 e. The number of benzene rings is 2. The number of non-ortho nitro benzene ring substituents is 2.